The summed E-state index contributed by atoms with van der Waals surface area (Å²) in [7, 11) is -1.69. The molecular formula is C27H33ClN6O2S. The standard InChI is InChI=1S/C27H33ClN6O2S/c1-20(2)31(3)26-24-19-34(37(35,36)23-11-7-8-21(28)18-23)13-12-25(24)29-27(30-26)33-16-14-32(15-17-33)22-9-5-4-6-10-22/h4-11,18,20H,12-17,19H2,1-3H3. The average Bonchev–Trinajstić information content (AvgIpc) is 2.92. The number of hydrogen-bond acceptors (Lipinski definition) is 7. The summed E-state index contributed by atoms with van der Waals surface area (Å²) in [6.07, 6.45) is 0.535. The second-order valence-electron chi connectivity index (χ2n) is 9.83. The van der Waals surface area contributed by atoms with E-state index in [4.69, 9.17) is 21.6 Å². The molecular weight excluding hydrogens is 508 g/mol. The smallest absolute Gasteiger partial charge is 0.243 e. The van der Waals surface area contributed by atoms with Gasteiger partial charge in [0.2, 0.25) is 16.0 Å². The monoisotopic (exact) mass is 540 g/mol. The second-order valence-corrected chi connectivity index (χ2v) is 12.2. The molecule has 0 N–H and O–H groups in total. The fourth-order valence-electron chi connectivity index (χ4n) is 4.82. The topological polar surface area (TPSA) is 72.9 Å². The third kappa shape index (κ3) is 5.26. The Morgan fingerprint density at radius 1 is 0.919 bits per heavy atom. The van der Waals surface area contributed by atoms with E-state index in [9.17, 15) is 8.42 Å². The molecule has 0 atom stereocenters. The van der Waals surface area contributed by atoms with Crippen LogP contribution in [0.2, 0.25) is 5.02 Å². The quantitative estimate of drug-likeness (QED) is 0.467. The molecule has 196 valence electrons. The predicted octanol–water partition coefficient (Wildman–Crippen LogP) is 4.05. The van der Waals surface area contributed by atoms with Crippen molar-refractivity contribution in [1.29, 1.82) is 0 Å². The zero-order chi connectivity index (χ0) is 26.2. The molecule has 0 amide bonds. The minimum atomic E-state index is -3.69. The molecule has 1 aromatic heterocycles. The van der Waals surface area contributed by atoms with Crippen LogP contribution in [0.1, 0.15) is 25.1 Å². The zero-order valence-electron chi connectivity index (χ0n) is 21.5. The van der Waals surface area contributed by atoms with Crippen molar-refractivity contribution in [3.05, 3.63) is 70.9 Å². The molecule has 1 fully saturated rings. The van der Waals surface area contributed by atoms with Gasteiger partial charge in [-0.2, -0.15) is 9.29 Å². The lowest BCUT2D eigenvalue weighted by Crippen LogP contribution is -2.47. The molecule has 0 spiro atoms. The number of sulfonamides is 1. The number of piperazine rings is 1. The van der Waals surface area contributed by atoms with Crippen LogP contribution in [0.25, 0.3) is 0 Å². The van der Waals surface area contributed by atoms with Gasteiger partial charge in [-0.05, 0) is 44.2 Å². The van der Waals surface area contributed by atoms with Crippen LogP contribution in [-0.4, -0.2) is 68.5 Å². The van der Waals surface area contributed by atoms with Crippen LogP contribution in [0, 0.1) is 0 Å². The van der Waals surface area contributed by atoms with Gasteiger partial charge in [0.25, 0.3) is 0 Å². The summed E-state index contributed by atoms with van der Waals surface area (Å²) in [5.74, 6) is 1.52. The Labute approximate surface area is 224 Å². The first-order chi connectivity index (χ1) is 17.7. The maximum atomic E-state index is 13.4. The van der Waals surface area contributed by atoms with Crippen LogP contribution in [0.15, 0.2) is 59.5 Å². The number of rotatable bonds is 6. The van der Waals surface area contributed by atoms with Crippen molar-refractivity contribution in [1.82, 2.24) is 14.3 Å². The number of hydrogen-bond donors (Lipinski definition) is 0. The number of benzene rings is 2. The van der Waals surface area contributed by atoms with Gasteiger partial charge < -0.3 is 14.7 Å². The van der Waals surface area contributed by atoms with Crippen molar-refractivity contribution in [3.63, 3.8) is 0 Å². The van der Waals surface area contributed by atoms with E-state index in [2.05, 4.69) is 52.8 Å². The van der Waals surface area contributed by atoms with E-state index in [-0.39, 0.29) is 17.5 Å². The summed E-state index contributed by atoms with van der Waals surface area (Å²) < 4.78 is 28.4. The molecule has 8 nitrogen and oxygen atoms in total. The number of fused-ring (bicyclic) bond motifs is 1. The third-order valence-electron chi connectivity index (χ3n) is 7.22. The third-order valence-corrected chi connectivity index (χ3v) is 9.29. The molecule has 2 aliphatic heterocycles. The molecule has 0 saturated carbocycles. The maximum absolute atomic E-state index is 13.4. The molecule has 10 heteroatoms. The Kier molecular flexibility index (Phi) is 7.29. The zero-order valence-corrected chi connectivity index (χ0v) is 23.1. The Morgan fingerprint density at radius 3 is 2.30 bits per heavy atom. The van der Waals surface area contributed by atoms with Gasteiger partial charge in [-0.25, -0.2) is 13.4 Å². The summed E-state index contributed by atoms with van der Waals surface area (Å²) in [6, 6.07) is 17.1. The number of halogens is 1. The number of nitrogens with zero attached hydrogens (tertiary/aromatic N) is 6. The first-order valence-electron chi connectivity index (χ1n) is 12.7. The Balaban J connectivity index is 1.42. The van der Waals surface area contributed by atoms with E-state index in [1.54, 1.807) is 18.2 Å². The summed E-state index contributed by atoms with van der Waals surface area (Å²) in [5, 5.41) is 0.402. The van der Waals surface area contributed by atoms with Crippen LogP contribution in [-0.2, 0) is 23.0 Å². The Hall–Kier alpha value is -2.88. The molecule has 2 aromatic carbocycles. The van der Waals surface area contributed by atoms with Gasteiger partial charge in [0.15, 0.2) is 0 Å². The van der Waals surface area contributed by atoms with Crippen molar-refractivity contribution in [3.8, 4) is 0 Å². The van der Waals surface area contributed by atoms with Crippen LogP contribution in [0.5, 0.6) is 0 Å². The van der Waals surface area contributed by atoms with Gasteiger partial charge in [0.1, 0.15) is 5.82 Å². The SMILES string of the molecule is CC(C)N(C)c1nc(N2CCN(c3ccccc3)CC2)nc2c1CN(S(=O)(=O)c1cccc(Cl)c1)CC2. The van der Waals surface area contributed by atoms with Crippen molar-refractivity contribution < 1.29 is 8.42 Å². The summed E-state index contributed by atoms with van der Waals surface area (Å²) in [6.45, 7) is 8.26. The van der Waals surface area contributed by atoms with Crippen LogP contribution in [0.4, 0.5) is 17.5 Å². The number of para-hydroxylation sites is 1. The normalized spacial score (nSPS) is 16.7. The van der Waals surface area contributed by atoms with Crippen molar-refractivity contribution in [2.75, 3.05) is 54.5 Å². The maximum Gasteiger partial charge on any atom is 0.243 e. The van der Waals surface area contributed by atoms with E-state index in [0.717, 1.165) is 49.2 Å². The molecule has 2 aliphatic rings. The van der Waals surface area contributed by atoms with Gasteiger partial charge in [-0.15, -0.1) is 0 Å². The fraction of sp³-hybridized carbons (Fsp3) is 0.407. The highest BCUT2D eigenvalue weighted by atomic mass is 35.5. The predicted molar refractivity (Wildman–Crippen MR) is 149 cm³/mol. The Morgan fingerprint density at radius 2 is 1.62 bits per heavy atom. The molecule has 5 rings (SSSR count). The molecule has 0 radical (unpaired) electrons. The van der Waals surface area contributed by atoms with Gasteiger partial charge in [0.05, 0.1) is 10.6 Å². The first kappa shape index (κ1) is 25.8. The number of aromatic nitrogens is 2. The minimum absolute atomic E-state index is 0.196. The second kappa shape index (κ2) is 10.5. The number of anilines is 3. The summed E-state index contributed by atoms with van der Waals surface area (Å²) in [4.78, 5) is 16.9. The van der Waals surface area contributed by atoms with Gasteiger partial charge >= 0.3 is 0 Å². The van der Waals surface area contributed by atoms with Crippen LogP contribution in [0.3, 0.4) is 0 Å². The van der Waals surface area contributed by atoms with E-state index in [1.165, 1.54) is 16.1 Å². The van der Waals surface area contributed by atoms with E-state index in [0.29, 0.717) is 18.0 Å². The largest absolute Gasteiger partial charge is 0.368 e. The molecule has 37 heavy (non-hydrogen) atoms. The molecule has 0 unspecified atom stereocenters. The fourth-order valence-corrected chi connectivity index (χ4v) is 6.53. The molecule has 3 heterocycles. The van der Waals surface area contributed by atoms with Crippen molar-refractivity contribution in [2.45, 2.75) is 37.8 Å². The van der Waals surface area contributed by atoms with Crippen molar-refractivity contribution in [2.24, 2.45) is 0 Å². The molecule has 0 aliphatic carbocycles. The van der Waals surface area contributed by atoms with Crippen LogP contribution >= 0.6 is 11.6 Å². The average molecular weight is 541 g/mol. The van der Waals surface area contributed by atoms with Gasteiger partial charge in [0, 0.05) is 75.1 Å². The molecule has 1 saturated heterocycles. The first-order valence-corrected chi connectivity index (χ1v) is 14.5. The highest BCUT2D eigenvalue weighted by Gasteiger charge is 2.33. The van der Waals surface area contributed by atoms with Gasteiger partial charge in [-0.1, -0.05) is 35.9 Å². The van der Waals surface area contributed by atoms with E-state index in [1.807, 2.05) is 13.1 Å². The van der Waals surface area contributed by atoms with E-state index >= 15 is 0 Å². The summed E-state index contributed by atoms with van der Waals surface area (Å²) >= 11 is 6.09. The lowest BCUT2D eigenvalue weighted by molar-refractivity contribution is 0.386. The van der Waals surface area contributed by atoms with Crippen LogP contribution < -0.4 is 14.7 Å². The Bertz CT molecular complexity index is 1360. The van der Waals surface area contributed by atoms with E-state index < -0.39 is 10.0 Å². The highest BCUT2D eigenvalue weighted by Crippen LogP contribution is 2.32. The molecule has 0 bridgehead atoms. The summed E-state index contributed by atoms with van der Waals surface area (Å²) in [5.41, 5.74) is 3.03. The lowest BCUT2D eigenvalue weighted by Gasteiger charge is -2.38. The molecule has 3 aromatic rings. The van der Waals surface area contributed by atoms with Crippen molar-refractivity contribution >= 4 is 39.1 Å². The highest BCUT2D eigenvalue weighted by molar-refractivity contribution is 7.89. The minimum Gasteiger partial charge on any atom is -0.368 e. The lowest BCUT2D eigenvalue weighted by atomic mass is 10.1. The van der Waals surface area contributed by atoms with Gasteiger partial charge in [-0.3, -0.25) is 0 Å².